The molecule has 3 N–H and O–H groups in total. The third-order valence-corrected chi connectivity index (χ3v) is 8.37. The molecule has 0 bridgehead atoms. The Morgan fingerprint density at radius 3 is 1.84 bits per heavy atom. The molecular weight excluding hydrogens is 597 g/mol. The fourth-order valence-electron chi connectivity index (χ4n) is 5.22. The van der Waals surface area contributed by atoms with E-state index in [0.717, 1.165) is 71.7 Å². The lowest BCUT2D eigenvalue weighted by molar-refractivity contribution is 0.387. The second-order valence-electron chi connectivity index (χ2n) is 10.5. The second-order valence-corrected chi connectivity index (χ2v) is 11.2. The van der Waals surface area contributed by atoms with Crippen molar-refractivity contribution in [1.82, 2.24) is 35.9 Å². The number of aromatic nitrogens is 4. The number of rotatable bonds is 13. The summed E-state index contributed by atoms with van der Waals surface area (Å²) in [5.74, 6) is 0.905. The smallest absolute Gasteiger partial charge is 0.237 e. The third-order valence-electron chi connectivity index (χ3n) is 7.56. The van der Waals surface area contributed by atoms with Gasteiger partial charge in [-0.3, -0.25) is 9.97 Å². The van der Waals surface area contributed by atoms with Gasteiger partial charge in [0.25, 0.3) is 0 Å². The van der Waals surface area contributed by atoms with E-state index in [-0.39, 0.29) is 0 Å². The summed E-state index contributed by atoms with van der Waals surface area (Å²) in [6.07, 6.45) is 6.62. The summed E-state index contributed by atoms with van der Waals surface area (Å²) in [5.41, 5.74) is 6.75. The van der Waals surface area contributed by atoms with E-state index in [0.29, 0.717) is 52.3 Å². The Bertz CT molecular complexity index is 1630. The van der Waals surface area contributed by atoms with Crippen LogP contribution in [0.25, 0.3) is 33.6 Å². The predicted molar refractivity (Wildman–Crippen MR) is 176 cm³/mol. The number of ether oxygens (including phenoxy) is 2. The minimum Gasteiger partial charge on any atom is -0.480 e. The molecule has 1 fully saturated rings. The molecule has 1 saturated heterocycles. The first-order valence-electron chi connectivity index (χ1n) is 14.7. The van der Waals surface area contributed by atoms with Crippen LogP contribution in [0.2, 0.25) is 10.0 Å². The van der Waals surface area contributed by atoms with Gasteiger partial charge in [-0.2, -0.15) is 0 Å². The van der Waals surface area contributed by atoms with Crippen molar-refractivity contribution in [1.29, 1.82) is 0 Å². The summed E-state index contributed by atoms with van der Waals surface area (Å²) in [6.45, 7) is 8.81. The van der Waals surface area contributed by atoms with Crippen molar-refractivity contribution in [2.75, 3.05) is 27.3 Å². The van der Waals surface area contributed by atoms with E-state index in [1.54, 1.807) is 26.6 Å². The quantitative estimate of drug-likeness (QED) is 0.143. The average molecular weight is 635 g/mol. The lowest BCUT2D eigenvalue weighted by Gasteiger charge is -2.15. The predicted octanol–water partition coefficient (Wildman–Crippen LogP) is 6.45. The van der Waals surface area contributed by atoms with Crippen molar-refractivity contribution in [3.63, 3.8) is 0 Å². The van der Waals surface area contributed by atoms with Crippen molar-refractivity contribution < 1.29 is 9.47 Å². The number of hydrogen-bond donors (Lipinski definition) is 3. The van der Waals surface area contributed by atoms with E-state index in [1.165, 1.54) is 0 Å². The van der Waals surface area contributed by atoms with Crippen LogP contribution >= 0.6 is 23.2 Å². The molecular formula is C33H37Cl2N7O2. The van der Waals surface area contributed by atoms with Gasteiger partial charge in [0.2, 0.25) is 11.8 Å². The number of hydrogen-bond acceptors (Lipinski definition) is 9. The zero-order chi connectivity index (χ0) is 31.1. The topological polar surface area (TPSA) is 106 Å². The van der Waals surface area contributed by atoms with Crippen LogP contribution in [-0.2, 0) is 13.1 Å². The average Bonchev–Trinajstić information content (AvgIpc) is 3.47. The van der Waals surface area contributed by atoms with Crippen LogP contribution in [-0.4, -0.2) is 53.3 Å². The molecule has 4 aromatic rings. The van der Waals surface area contributed by atoms with Crippen LogP contribution < -0.4 is 25.4 Å². The number of nitrogens with one attached hydrogen (secondary N) is 3. The lowest BCUT2D eigenvalue weighted by Crippen LogP contribution is -2.26. The first-order valence-corrected chi connectivity index (χ1v) is 15.4. The first-order chi connectivity index (χ1) is 21.4. The van der Waals surface area contributed by atoms with Crippen molar-refractivity contribution in [3.8, 4) is 45.4 Å². The molecule has 9 nitrogen and oxygen atoms in total. The maximum absolute atomic E-state index is 7.03. The van der Waals surface area contributed by atoms with Gasteiger partial charge in [-0.1, -0.05) is 73.1 Å². The van der Waals surface area contributed by atoms with E-state index >= 15 is 0 Å². The second kappa shape index (κ2) is 14.8. The van der Waals surface area contributed by atoms with E-state index in [4.69, 9.17) is 37.7 Å². The van der Waals surface area contributed by atoms with Crippen LogP contribution in [0.3, 0.4) is 0 Å². The Morgan fingerprint density at radius 1 is 0.841 bits per heavy atom. The van der Waals surface area contributed by atoms with Crippen LogP contribution in [0.1, 0.15) is 37.6 Å². The molecule has 1 aliphatic heterocycles. The minimum atomic E-state index is 0.452. The Labute approximate surface area is 268 Å². The first kappa shape index (κ1) is 31.7. The number of benzene rings is 2. The number of allylic oxidation sites excluding steroid dienone is 1. The van der Waals surface area contributed by atoms with Crippen LogP contribution in [0.4, 0.5) is 0 Å². The summed E-state index contributed by atoms with van der Waals surface area (Å²) >= 11 is 14.0. The van der Waals surface area contributed by atoms with Gasteiger partial charge < -0.3 is 25.4 Å². The monoisotopic (exact) mass is 633 g/mol. The van der Waals surface area contributed by atoms with Crippen LogP contribution in [0.5, 0.6) is 11.8 Å². The van der Waals surface area contributed by atoms with Gasteiger partial charge in [0.15, 0.2) is 0 Å². The maximum Gasteiger partial charge on any atom is 0.237 e. The standard InChI is InChI=1S/C33H37Cl2N7O2/c1-5-36-16-28-32(43-3)41-26(18-38-28)24-10-6-8-22(30(24)34)23-9-7-11-25(31(23)35)27-19-39-29(33(42-27)44-4)17-37-15-14-21-13-12-20(2)40-21/h6-11,18-19,21,36-37,40H,2,5,12-17H2,1,3-4H3/t21-/m0/s1. The van der Waals surface area contributed by atoms with E-state index in [9.17, 15) is 0 Å². The summed E-state index contributed by atoms with van der Waals surface area (Å²) < 4.78 is 11.1. The summed E-state index contributed by atoms with van der Waals surface area (Å²) in [4.78, 5) is 18.7. The molecule has 0 amide bonds. The van der Waals surface area contributed by atoms with Gasteiger partial charge in [-0.15, -0.1) is 0 Å². The molecule has 0 radical (unpaired) electrons. The molecule has 2 aromatic carbocycles. The number of halogens is 2. The highest BCUT2D eigenvalue weighted by Gasteiger charge is 2.20. The van der Waals surface area contributed by atoms with Crippen molar-refractivity contribution in [2.45, 2.75) is 45.3 Å². The third kappa shape index (κ3) is 7.13. The number of nitrogens with zero attached hydrogens (tertiary/aromatic N) is 4. The fourth-order valence-corrected chi connectivity index (χ4v) is 5.87. The Balaban J connectivity index is 1.38. The van der Waals surface area contributed by atoms with Gasteiger partial charge >= 0.3 is 0 Å². The maximum atomic E-state index is 7.03. The summed E-state index contributed by atoms with van der Waals surface area (Å²) in [7, 11) is 3.18. The highest BCUT2D eigenvalue weighted by molar-refractivity contribution is 6.39. The molecule has 1 atom stereocenters. The zero-order valence-corrected chi connectivity index (χ0v) is 26.7. The van der Waals surface area contributed by atoms with Gasteiger partial charge in [0, 0.05) is 47.1 Å². The van der Waals surface area contributed by atoms with Crippen molar-refractivity contribution in [3.05, 3.63) is 82.5 Å². The highest BCUT2D eigenvalue weighted by Crippen LogP contribution is 2.42. The van der Waals surface area contributed by atoms with Gasteiger partial charge in [-0.25, -0.2) is 9.97 Å². The van der Waals surface area contributed by atoms with Crippen molar-refractivity contribution >= 4 is 23.2 Å². The fraction of sp³-hybridized carbons (Fsp3) is 0.333. The Hall–Kier alpha value is -3.76. The molecule has 11 heteroatoms. The molecule has 3 heterocycles. The molecule has 230 valence electrons. The summed E-state index contributed by atoms with van der Waals surface area (Å²) in [6, 6.07) is 12.0. The summed E-state index contributed by atoms with van der Waals surface area (Å²) in [5, 5.41) is 11.1. The Morgan fingerprint density at radius 2 is 1.36 bits per heavy atom. The van der Waals surface area contributed by atoms with Crippen molar-refractivity contribution in [2.24, 2.45) is 0 Å². The highest BCUT2D eigenvalue weighted by atomic mass is 35.5. The molecule has 0 aliphatic carbocycles. The molecule has 0 unspecified atom stereocenters. The SMILES string of the molecule is C=C1CC[C@@H](CCNCc2ncc(-c3cccc(-c4cccc(-c5cnc(CNCC)c(OC)n5)c4Cl)c3Cl)nc2OC)N1. The number of methoxy groups -OCH3 is 2. The van der Waals surface area contributed by atoms with Gasteiger partial charge in [0.1, 0.15) is 11.4 Å². The van der Waals surface area contributed by atoms with Crippen LogP contribution in [0.15, 0.2) is 61.1 Å². The molecule has 0 saturated carbocycles. The van der Waals surface area contributed by atoms with E-state index < -0.39 is 0 Å². The van der Waals surface area contributed by atoms with E-state index in [1.807, 2.05) is 43.3 Å². The van der Waals surface area contributed by atoms with Gasteiger partial charge in [0.05, 0.1) is 48.0 Å². The molecule has 0 spiro atoms. The largest absolute Gasteiger partial charge is 0.480 e. The molecule has 2 aromatic heterocycles. The lowest BCUT2D eigenvalue weighted by atomic mass is 9.98. The Kier molecular flexibility index (Phi) is 10.7. The van der Waals surface area contributed by atoms with Crippen LogP contribution in [0, 0.1) is 0 Å². The molecule has 5 rings (SSSR count). The van der Waals surface area contributed by atoms with E-state index in [2.05, 4.69) is 37.5 Å². The normalized spacial score (nSPS) is 14.5. The van der Waals surface area contributed by atoms with Gasteiger partial charge in [-0.05, 0) is 32.4 Å². The minimum absolute atomic E-state index is 0.452. The molecule has 1 aliphatic rings. The zero-order valence-electron chi connectivity index (χ0n) is 25.2. The molecule has 44 heavy (non-hydrogen) atoms.